The molecule has 1 heterocycles. The molecule has 4 nitrogen and oxygen atoms in total. The molecule has 9 heavy (non-hydrogen) atoms. The van der Waals surface area contributed by atoms with E-state index in [1.54, 1.807) is 0 Å². The molecule has 1 saturated heterocycles. The highest BCUT2D eigenvalue weighted by atomic mass is 16.6. The summed E-state index contributed by atoms with van der Waals surface area (Å²) in [7, 11) is 0. The third-order valence-electron chi connectivity index (χ3n) is 1.39. The average Bonchev–Trinajstić information content (AvgIpc) is 2.15. The summed E-state index contributed by atoms with van der Waals surface area (Å²) in [5, 5.41) is 17.5. The highest BCUT2D eigenvalue weighted by molar-refractivity contribution is 5.81. The zero-order chi connectivity index (χ0) is 6.91. The van der Waals surface area contributed by atoms with E-state index in [4.69, 9.17) is 10.2 Å². The van der Waals surface area contributed by atoms with Crippen molar-refractivity contribution < 1.29 is 19.7 Å². The fourth-order valence-electron chi connectivity index (χ4n) is 0.693. The molecule has 4 heteroatoms. The second-order valence-electron chi connectivity index (χ2n) is 2.08. The SMILES string of the molecule is O=C1OCC[C@]1(O)CO. The van der Waals surface area contributed by atoms with Crippen LogP contribution in [0.1, 0.15) is 6.42 Å². The zero-order valence-corrected chi connectivity index (χ0v) is 4.83. The monoisotopic (exact) mass is 132 g/mol. The van der Waals surface area contributed by atoms with Crippen LogP contribution in [0.5, 0.6) is 0 Å². The van der Waals surface area contributed by atoms with Crippen LogP contribution >= 0.6 is 0 Å². The number of ether oxygens (including phenoxy) is 1. The summed E-state index contributed by atoms with van der Waals surface area (Å²) in [6, 6.07) is 0. The van der Waals surface area contributed by atoms with Gasteiger partial charge in [-0.05, 0) is 0 Å². The molecule has 0 aromatic rings. The van der Waals surface area contributed by atoms with Crippen molar-refractivity contribution in [1.29, 1.82) is 0 Å². The Morgan fingerprint density at radius 3 is 2.67 bits per heavy atom. The number of carbonyl (C=O) groups excluding carboxylic acids is 1. The Bertz CT molecular complexity index is 133. The van der Waals surface area contributed by atoms with Crippen molar-refractivity contribution in [3.05, 3.63) is 0 Å². The Hall–Kier alpha value is -0.610. The van der Waals surface area contributed by atoms with Gasteiger partial charge in [0, 0.05) is 6.42 Å². The lowest BCUT2D eigenvalue weighted by Gasteiger charge is -2.11. The van der Waals surface area contributed by atoms with E-state index in [2.05, 4.69) is 4.74 Å². The van der Waals surface area contributed by atoms with Crippen LogP contribution < -0.4 is 0 Å². The maximum atomic E-state index is 10.5. The van der Waals surface area contributed by atoms with Gasteiger partial charge in [-0.3, -0.25) is 0 Å². The molecular formula is C5H8O4. The standard InChI is InChI=1S/C5H8O4/c6-3-5(8)1-2-9-4(5)7/h6,8H,1-3H2/t5-/m0/s1. The number of rotatable bonds is 1. The first-order valence-corrected chi connectivity index (χ1v) is 2.69. The summed E-state index contributed by atoms with van der Waals surface area (Å²) in [4.78, 5) is 10.5. The molecule has 1 rings (SSSR count). The third kappa shape index (κ3) is 0.906. The van der Waals surface area contributed by atoms with Crippen LogP contribution in [0.4, 0.5) is 0 Å². The van der Waals surface area contributed by atoms with Gasteiger partial charge >= 0.3 is 5.97 Å². The zero-order valence-electron chi connectivity index (χ0n) is 4.83. The normalized spacial score (nSPS) is 34.7. The molecule has 1 aliphatic heterocycles. The molecule has 1 aliphatic rings. The van der Waals surface area contributed by atoms with Gasteiger partial charge in [-0.2, -0.15) is 0 Å². The van der Waals surface area contributed by atoms with Crippen LogP contribution in [-0.2, 0) is 9.53 Å². The highest BCUT2D eigenvalue weighted by Gasteiger charge is 2.41. The number of carbonyl (C=O) groups is 1. The lowest BCUT2D eigenvalue weighted by atomic mass is 10.1. The first-order chi connectivity index (χ1) is 4.19. The Morgan fingerprint density at radius 1 is 1.78 bits per heavy atom. The van der Waals surface area contributed by atoms with Crippen LogP contribution in [0.15, 0.2) is 0 Å². The molecule has 2 N–H and O–H groups in total. The van der Waals surface area contributed by atoms with Gasteiger partial charge in [-0.25, -0.2) is 4.79 Å². The summed E-state index contributed by atoms with van der Waals surface area (Å²) in [5.41, 5.74) is -1.61. The van der Waals surface area contributed by atoms with Gasteiger partial charge in [-0.1, -0.05) is 0 Å². The molecule has 1 fully saturated rings. The molecular weight excluding hydrogens is 124 g/mol. The molecule has 0 unspecified atom stereocenters. The van der Waals surface area contributed by atoms with Crippen LogP contribution in [-0.4, -0.2) is 35.0 Å². The topological polar surface area (TPSA) is 66.8 Å². The molecule has 0 aliphatic carbocycles. The van der Waals surface area contributed by atoms with Crippen molar-refractivity contribution in [3.63, 3.8) is 0 Å². The number of cyclic esters (lactones) is 1. The largest absolute Gasteiger partial charge is 0.463 e. The molecule has 0 aromatic heterocycles. The summed E-state index contributed by atoms with van der Waals surface area (Å²) in [6.07, 6.45) is 0.197. The number of hydrogen-bond donors (Lipinski definition) is 2. The van der Waals surface area contributed by atoms with E-state index in [0.717, 1.165) is 0 Å². The van der Waals surface area contributed by atoms with Crippen molar-refractivity contribution in [3.8, 4) is 0 Å². The summed E-state index contributed by atoms with van der Waals surface area (Å²) in [5.74, 6) is -0.718. The fraction of sp³-hybridized carbons (Fsp3) is 0.800. The highest BCUT2D eigenvalue weighted by Crippen LogP contribution is 2.18. The molecule has 0 bridgehead atoms. The predicted octanol–water partition coefficient (Wildman–Crippen LogP) is -1.34. The van der Waals surface area contributed by atoms with Gasteiger partial charge < -0.3 is 14.9 Å². The van der Waals surface area contributed by atoms with E-state index in [1.807, 2.05) is 0 Å². The maximum Gasteiger partial charge on any atom is 0.340 e. The van der Waals surface area contributed by atoms with Gasteiger partial charge in [0.15, 0.2) is 5.60 Å². The minimum absolute atomic E-state index is 0.197. The Morgan fingerprint density at radius 2 is 2.44 bits per heavy atom. The number of esters is 1. The second kappa shape index (κ2) is 1.97. The van der Waals surface area contributed by atoms with E-state index in [9.17, 15) is 4.79 Å². The molecule has 0 amide bonds. The Kier molecular flexibility index (Phi) is 1.42. The number of aliphatic hydroxyl groups excluding tert-OH is 1. The van der Waals surface area contributed by atoms with Gasteiger partial charge in [0.05, 0.1) is 13.2 Å². The van der Waals surface area contributed by atoms with E-state index < -0.39 is 18.2 Å². The van der Waals surface area contributed by atoms with Gasteiger partial charge in [0.2, 0.25) is 0 Å². The predicted molar refractivity (Wildman–Crippen MR) is 27.6 cm³/mol. The fourth-order valence-corrected chi connectivity index (χ4v) is 0.693. The van der Waals surface area contributed by atoms with E-state index in [1.165, 1.54) is 0 Å². The van der Waals surface area contributed by atoms with Gasteiger partial charge in [-0.15, -0.1) is 0 Å². The Labute approximate surface area is 52.1 Å². The molecule has 1 atom stereocenters. The average molecular weight is 132 g/mol. The molecule has 0 saturated carbocycles. The lowest BCUT2D eigenvalue weighted by molar-refractivity contribution is -0.156. The lowest BCUT2D eigenvalue weighted by Crippen LogP contribution is -2.37. The van der Waals surface area contributed by atoms with Crippen LogP contribution in [0, 0.1) is 0 Å². The summed E-state index contributed by atoms with van der Waals surface area (Å²) < 4.78 is 4.41. The first kappa shape index (κ1) is 6.51. The molecule has 0 radical (unpaired) electrons. The van der Waals surface area contributed by atoms with E-state index >= 15 is 0 Å². The van der Waals surface area contributed by atoms with Crippen molar-refractivity contribution in [2.45, 2.75) is 12.0 Å². The van der Waals surface area contributed by atoms with Crippen LogP contribution in [0.3, 0.4) is 0 Å². The van der Waals surface area contributed by atoms with Crippen molar-refractivity contribution in [1.82, 2.24) is 0 Å². The molecule has 0 spiro atoms. The number of hydrogen-bond acceptors (Lipinski definition) is 4. The second-order valence-corrected chi connectivity index (χ2v) is 2.08. The van der Waals surface area contributed by atoms with Crippen LogP contribution in [0.25, 0.3) is 0 Å². The summed E-state index contributed by atoms with van der Waals surface area (Å²) >= 11 is 0. The van der Waals surface area contributed by atoms with Gasteiger partial charge in [0.1, 0.15) is 0 Å². The summed E-state index contributed by atoms with van der Waals surface area (Å²) in [6.45, 7) is -0.346. The third-order valence-corrected chi connectivity index (χ3v) is 1.39. The maximum absolute atomic E-state index is 10.5. The van der Waals surface area contributed by atoms with Crippen LogP contribution in [0.2, 0.25) is 0 Å². The van der Waals surface area contributed by atoms with Crippen molar-refractivity contribution in [2.24, 2.45) is 0 Å². The minimum atomic E-state index is -1.61. The minimum Gasteiger partial charge on any atom is -0.463 e. The number of aliphatic hydroxyl groups is 2. The molecule has 52 valence electrons. The smallest absolute Gasteiger partial charge is 0.340 e. The molecule has 0 aromatic carbocycles. The first-order valence-electron chi connectivity index (χ1n) is 2.69. The van der Waals surface area contributed by atoms with E-state index in [0.29, 0.717) is 0 Å². The van der Waals surface area contributed by atoms with Crippen molar-refractivity contribution >= 4 is 5.97 Å². The Balaban J connectivity index is 2.67. The van der Waals surface area contributed by atoms with E-state index in [-0.39, 0.29) is 13.0 Å². The van der Waals surface area contributed by atoms with Gasteiger partial charge in [0.25, 0.3) is 0 Å². The van der Waals surface area contributed by atoms with Crippen molar-refractivity contribution in [2.75, 3.05) is 13.2 Å². The quantitative estimate of drug-likeness (QED) is 0.433.